The second-order valence-electron chi connectivity index (χ2n) is 7.52. The van der Waals surface area contributed by atoms with E-state index in [0.29, 0.717) is 12.6 Å². The van der Waals surface area contributed by atoms with Crippen molar-refractivity contribution in [3.63, 3.8) is 0 Å². The van der Waals surface area contributed by atoms with Gasteiger partial charge in [0.15, 0.2) is 0 Å². The van der Waals surface area contributed by atoms with Gasteiger partial charge in [0.05, 0.1) is 17.9 Å². The molecule has 0 bridgehead atoms. The van der Waals surface area contributed by atoms with Crippen LogP contribution in [0.1, 0.15) is 39.7 Å². The lowest BCUT2D eigenvalue weighted by Gasteiger charge is -2.23. The average Bonchev–Trinajstić information content (AvgIpc) is 3.21. The minimum absolute atomic E-state index is 0.222. The molecule has 8 nitrogen and oxygen atoms in total. The molecule has 146 valence electrons. The Morgan fingerprint density at radius 3 is 2.63 bits per heavy atom. The molecular formula is C19H29N7O. The molecule has 2 aromatic heterocycles. The van der Waals surface area contributed by atoms with Crippen LogP contribution < -0.4 is 10.2 Å². The summed E-state index contributed by atoms with van der Waals surface area (Å²) in [6, 6.07) is 2.46. The Hall–Kier alpha value is -2.48. The second kappa shape index (κ2) is 7.64. The van der Waals surface area contributed by atoms with Crippen molar-refractivity contribution in [1.29, 1.82) is 0 Å². The highest BCUT2D eigenvalue weighted by atomic mass is 16.2. The van der Waals surface area contributed by atoms with Crippen molar-refractivity contribution in [1.82, 2.24) is 30.0 Å². The van der Waals surface area contributed by atoms with E-state index in [1.165, 1.54) is 0 Å². The van der Waals surface area contributed by atoms with Gasteiger partial charge in [0.1, 0.15) is 5.82 Å². The largest absolute Gasteiger partial charge is 0.355 e. The van der Waals surface area contributed by atoms with E-state index in [1.54, 1.807) is 4.68 Å². The molecule has 2 aromatic rings. The zero-order valence-electron chi connectivity index (χ0n) is 17.1. The number of likely N-dealkylation sites (N-methyl/N-ethyl adjacent to an activating group) is 1. The highest BCUT2D eigenvalue weighted by Crippen LogP contribution is 2.25. The van der Waals surface area contributed by atoms with Gasteiger partial charge in [-0.3, -0.25) is 9.48 Å². The van der Waals surface area contributed by atoms with Gasteiger partial charge in [-0.05, 0) is 47.4 Å². The monoisotopic (exact) mass is 371 g/mol. The molecule has 0 aromatic carbocycles. The number of carbonyl (C=O) groups is 1. The molecule has 0 radical (unpaired) electrons. The summed E-state index contributed by atoms with van der Waals surface area (Å²) in [6.07, 6.45) is 1.09. The smallest absolute Gasteiger partial charge is 0.289 e. The predicted molar refractivity (Wildman–Crippen MR) is 105 cm³/mol. The SMILES string of the molecule is Cc1cc(CNC(=O)c2nc(C)c(C)c(N3CC[C@@H](N(C)C)C3)n2)n(C)n1. The lowest BCUT2D eigenvalue weighted by atomic mass is 10.2. The highest BCUT2D eigenvalue weighted by Gasteiger charge is 2.27. The number of aromatic nitrogens is 4. The number of aryl methyl sites for hydroxylation is 3. The highest BCUT2D eigenvalue weighted by molar-refractivity contribution is 5.90. The minimum Gasteiger partial charge on any atom is -0.355 e. The zero-order chi connectivity index (χ0) is 19.7. The van der Waals surface area contributed by atoms with Gasteiger partial charge in [0, 0.05) is 37.4 Å². The van der Waals surface area contributed by atoms with E-state index in [-0.39, 0.29) is 11.7 Å². The number of amides is 1. The van der Waals surface area contributed by atoms with Gasteiger partial charge < -0.3 is 15.1 Å². The first-order valence-electron chi connectivity index (χ1n) is 9.30. The number of nitrogens with zero attached hydrogens (tertiary/aromatic N) is 6. The van der Waals surface area contributed by atoms with Crippen LogP contribution in [-0.4, -0.2) is 63.8 Å². The minimum atomic E-state index is -0.262. The lowest BCUT2D eigenvalue weighted by molar-refractivity contribution is 0.0939. The molecule has 0 spiro atoms. The van der Waals surface area contributed by atoms with E-state index in [4.69, 9.17) is 0 Å². The van der Waals surface area contributed by atoms with Gasteiger partial charge in [-0.25, -0.2) is 9.97 Å². The summed E-state index contributed by atoms with van der Waals surface area (Å²) in [5.74, 6) is 0.829. The molecule has 1 saturated heterocycles. The van der Waals surface area contributed by atoms with E-state index in [0.717, 1.165) is 48.0 Å². The Morgan fingerprint density at radius 2 is 2.04 bits per heavy atom. The van der Waals surface area contributed by atoms with Gasteiger partial charge in [-0.2, -0.15) is 5.10 Å². The van der Waals surface area contributed by atoms with E-state index >= 15 is 0 Å². The molecule has 3 heterocycles. The van der Waals surface area contributed by atoms with Crippen LogP contribution in [-0.2, 0) is 13.6 Å². The molecule has 1 amide bonds. The fourth-order valence-electron chi connectivity index (χ4n) is 3.46. The standard InChI is InChI=1S/C19H29N7O/c1-12-9-16(25(6)23-12)10-20-19(27)17-21-14(3)13(2)18(22-17)26-8-7-15(11-26)24(4)5/h9,15H,7-8,10-11H2,1-6H3,(H,20,27)/t15-/m1/s1. The summed E-state index contributed by atoms with van der Waals surface area (Å²) in [4.78, 5) is 26.2. The van der Waals surface area contributed by atoms with Gasteiger partial charge in [0.25, 0.3) is 5.91 Å². The molecule has 1 N–H and O–H groups in total. The number of nitrogens with one attached hydrogen (secondary N) is 1. The van der Waals surface area contributed by atoms with E-state index in [2.05, 4.69) is 44.3 Å². The predicted octanol–water partition coefficient (Wildman–Crippen LogP) is 1.21. The first-order chi connectivity index (χ1) is 12.8. The van der Waals surface area contributed by atoms with Crippen LogP contribution in [0.15, 0.2) is 6.07 Å². The second-order valence-corrected chi connectivity index (χ2v) is 7.52. The summed E-state index contributed by atoms with van der Waals surface area (Å²) < 4.78 is 1.77. The normalized spacial score (nSPS) is 17.0. The summed E-state index contributed by atoms with van der Waals surface area (Å²) in [7, 11) is 6.07. The summed E-state index contributed by atoms with van der Waals surface area (Å²) in [5, 5.41) is 7.21. The summed E-state index contributed by atoms with van der Waals surface area (Å²) in [6.45, 7) is 8.14. The first-order valence-corrected chi connectivity index (χ1v) is 9.30. The molecule has 8 heteroatoms. The quantitative estimate of drug-likeness (QED) is 0.851. The Morgan fingerprint density at radius 1 is 1.30 bits per heavy atom. The Bertz CT molecular complexity index is 843. The van der Waals surface area contributed by atoms with Crippen LogP contribution in [0.5, 0.6) is 0 Å². The number of anilines is 1. The molecule has 3 rings (SSSR count). The number of rotatable bonds is 5. The first kappa shape index (κ1) is 19.3. The molecule has 0 unspecified atom stereocenters. The number of carbonyl (C=O) groups excluding carboxylic acids is 1. The fraction of sp³-hybridized carbons (Fsp3) is 0.579. The third-order valence-electron chi connectivity index (χ3n) is 5.29. The third kappa shape index (κ3) is 4.10. The van der Waals surface area contributed by atoms with Crippen molar-refractivity contribution in [3.8, 4) is 0 Å². The Balaban J connectivity index is 1.77. The van der Waals surface area contributed by atoms with Gasteiger partial charge in [-0.15, -0.1) is 0 Å². The van der Waals surface area contributed by atoms with Crippen molar-refractivity contribution in [2.24, 2.45) is 7.05 Å². The van der Waals surface area contributed by atoms with Crippen LogP contribution >= 0.6 is 0 Å². The zero-order valence-corrected chi connectivity index (χ0v) is 17.1. The molecule has 1 atom stereocenters. The Labute approximate surface area is 160 Å². The van der Waals surface area contributed by atoms with Crippen molar-refractivity contribution in [2.75, 3.05) is 32.1 Å². The van der Waals surface area contributed by atoms with Gasteiger partial charge >= 0.3 is 0 Å². The van der Waals surface area contributed by atoms with Crippen LogP contribution in [0.4, 0.5) is 5.82 Å². The van der Waals surface area contributed by atoms with E-state index in [1.807, 2.05) is 33.9 Å². The molecule has 1 fully saturated rings. The van der Waals surface area contributed by atoms with Crippen LogP contribution in [0.2, 0.25) is 0 Å². The van der Waals surface area contributed by atoms with Crippen molar-refractivity contribution >= 4 is 11.7 Å². The van der Waals surface area contributed by atoms with Gasteiger partial charge in [0.2, 0.25) is 5.82 Å². The molecule has 27 heavy (non-hydrogen) atoms. The molecule has 1 aliphatic rings. The Kier molecular flexibility index (Phi) is 5.46. The van der Waals surface area contributed by atoms with Gasteiger partial charge in [-0.1, -0.05) is 0 Å². The molecule has 0 saturated carbocycles. The van der Waals surface area contributed by atoms with Crippen molar-refractivity contribution in [3.05, 3.63) is 34.5 Å². The van der Waals surface area contributed by atoms with Crippen molar-refractivity contribution < 1.29 is 4.79 Å². The van der Waals surface area contributed by atoms with Crippen molar-refractivity contribution in [2.45, 2.75) is 39.8 Å². The van der Waals surface area contributed by atoms with E-state index in [9.17, 15) is 4.79 Å². The average molecular weight is 371 g/mol. The lowest BCUT2D eigenvalue weighted by Crippen LogP contribution is -2.33. The summed E-state index contributed by atoms with van der Waals surface area (Å²) in [5.41, 5.74) is 3.75. The fourth-order valence-corrected chi connectivity index (χ4v) is 3.46. The maximum absolute atomic E-state index is 12.6. The number of hydrogen-bond donors (Lipinski definition) is 1. The molecular weight excluding hydrogens is 342 g/mol. The van der Waals surface area contributed by atoms with Crippen LogP contribution in [0.25, 0.3) is 0 Å². The van der Waals surface area contributed by atoms with Crippen LogP contribution in [0, 0.1) is 20.8 Å². The maximum atomic E-state index is 12.6. The number of hydrogen-bond acceptors (Lipinski definition) is 6. The van der Waals surface area contributed by atoms with E-state index < -0.39 is 0 Å². The molecule has 1 aliphatic heterocycles. The maximum Gasteiger partial charge on any atom is 0.289 e. The summed E-state index contributed by atoms with van der Waals surface area (Å²) >= 11 is 0. The topological polar surface area (TPSA) is 79.2 Å². The van der Waals surface area contributed by atoms with Crippen LogP contribution in [0.3, 0.4) is 0 Å². The molecule has 0 aliphatic carbocycles. The third-order valence-corrected chi connectivity index (χ3v) is 5.29.